The summed E-state index contributed by atoms with van der Waals surface area (Å²) in [4.78, 5) is 24.8. The topological polar surface area (TPSA) is 76.1 Å². The minimum atomic E-state index is -0.878. The third-order valence-electron chi connectivity index (χ3n) is 4.27. The zero-order chi connectivity index (χ0) is 18.6. The summed E-state index contributed by atoms with van der Waals surface area (Å²) < 4.78 is 10.8. The molecule has 0 saturated carbocycles. The summed E-state index contributed by atoms with van der Waals surface area (Å²) >= 11 is 0. The summed E-state index contributed by atoms with van der Waals surface area (Å²) in [5.74, 6) is 0.0534. The number of hydrogen-bond donors (Lipinski definition) is 1. The van der Waals surface area contributed by atoms with Gasteiger partial charge in [0, 0.05) is 18.7 Å². The van der Waals surface area contributed by atoms with Crippen LogP contribution in [0.3, 0.4) is 0 Å². The van der Waals surface area contributed by atoms with Gasteiger partial charge in [-0.1, -0.05) is 12.1 Å². The summed E-state index contributed by atoms with van der Waals surface area (Å²) in [5, 5.41) is 8.96. The number of aliphatic carboxylic acids is 1. The highest BCUT2D eigenvalue weighted by Gasteiger charge is 2.27. The summed E-state index contributed by atoms with van der Waals surface area (Å²) in [5.41, 5.74) is 1.31. The predicted octanol–water partition coefficient (Wildman–Crippen LogP) is 3.44. The molecule has 25 heavy (non-hydrogen) atoms. The van der Waals surface area contributed by atoms with E-state index in [9.17, 15) is 9.59 Å². The van der Waals surface area contributed by atoms with Crippen LogP contribution in [0.4, 0.5) is 4.79 Å². The first-order valence-corrected chi connectivity index (χ1v) is 8.56. The minimum Gasteiger partial charge on any atom is -0.496 e. The molecule has 0 spiro atoms. The summed E-state index contributed by atoms with van der Waals surface area (Å²) in [7, 11) is 1.55. The van der Waals surface area contributed by atoms with Crippen LogP contribution in [-0.2, 0) is 16.0 Å². The number of methoxy groups -OCH3 is 1. The van der Waals surface area contributed by atoms with E-state index in [1.807, 2.05) is 39.0 Å². The van der Waals surface area contributed by atoms with Crippen molar-refractivity contribution in [1.29, 1.82) is 0 Å². The van der Waals surface area contributed by atoms with Gasteiger partial charge in [0.2, 0.25) is 0 Å². The average Bonchev–Trinajstić information content (AvgIpc) is 2.53. The molecule has 1 N–H and O–H groups in total. The van der Waals surface area contributed by atoms with Gasteiger partial charge in [0.25, 0.3) is 0 Å². The van der Waals surface area contributed by atoms with Crippen LogP contribution in [0.1, 0.15) is 50.7 Å². The molecule has 0 aliphatic carbocycles. The van der Waals surface area contributed by atoms with E-state index in [0.717, 1.165) is 18.4 Å². The number of carbonyl (C=O) groups excluding carboxylic acids is 1. The molecule has 0 radical (unpaired) electrons. The number of carboxylic acid groups (broad SMARTS) is 1. The number of ether oxygens (including phenoxy) is 2. The normalized spacial score (nSPS) is 15.8. The Hall–Kier alpha value is -2.24. The van der Waals surface area contributed by atoms with Gasteiger partial charge in [-0.25, -0.2) is 4.79 Å². The number of hydrogen-bond acceptors (Lipinski definition) is 4. The molecule has 138 valence electrons. The maximum absolute atomic E-state index is 12.1. The summed E-state index contributed by atoms with van der Waals surface area (Å²) in [6.45, 7) is 6.89. The smallest absolute Gasteiger partial charge is 0.410 e. The van der Waals surface area contributed by atoms with Crippen molar-refractivity contribution < 1.29 is 24.2 Å². The molecule has 1 amide bonds. The lowest BCUT2D eigenvalue weighted by molar-refractivity contribution is -0.136. The number of rotatable bonds is 4. The maximum atomic E-state index is 12.1. The van der Waals surface area contributed by atoms with Crippen molar-refractivity contribution in [3.05, 3.63) is 29.3 Å². The molecule has 2 rings (SSSR count). The van der Waals surface area contributed by atoms with Gasteiger partial charge in [-0.2, -0.15) is 0 Å². The van der Waals surface area contributed by atoms with Gasteiger partial charge >= 0.3 is 12.1 Å². The van der Waals surface area contributed by atoms with Crippen molar-refractivity contribution in [3.8, 4) is 5.75 Å². The van der Waals surface area contributed by atoms with Crippen molar-refractivity contribution in [1.82, 2.24) is 4.90 Å². The number of benzene rings is 1. The fraction of sp³-hybridized carbons (Fsp3) is 0.579. The largest absolute Gasteiger partial charge is 0.496 e. The summed E-state index contributed by atoms with van der Waals surface area (Å²) in [6.07, 6.45) is 1.38. The van der Waals surface area contributed by atoms with E-state index in [-0.39, 0.29) is 12.5 Å². The fourth-order valence-corrected chi connectivity index (χ4v) is 3.05. The molecule has 6 nitrogen and oxygen atoms in total. The van der Waals surface area contributed by atoms with Gasteiger partial charge in [0.05, 0.1) is 13.5 Å². The van der Waals surface area contributed by atoms with E-state index in [2.05, 4.69) is 0 Å². The molecule has 6 heteroatoms. The Morgan fingerprint density at radius 1 is 1.24 bits per heavy atom. The van der Waals surface area contributed by atoms with Crippen LogP contribution < -0.4 is 4.74 Å². The number of amides is 1. The first-order chi connectivity index (χ1) is 11.7. The third-order valence-corrected chi connectivity index (χ3v) is 4.27. The predicted molar refractivity (Wildman–Crippen MR) is 94.1 cm³/mol. The van der Waals surface area contributed by atoms with Crippen LogP contribution in [0.25, 0.3) is 0 Å². The Morgan fingerprint density at radius 3 is 2.40 bits per heavy atom. The SMILES string of the molecule is COc1cc(C2CCN(C(=O)OC(C)(C)C)CC2)ccc1CC(=O)O. The van der Waals surface area contributed by atoms with Gasteiger partial charge in [0.1, 0.15) is 11.4 Å². The van der Waals surface area contributed by atoms with E-state index in [1.54, 1.807) is 12.0 Å². The van der Waals surface area contributed by atoms with E-state index in [4.69, 9.17) is 14.6 Å². The van der Waals surface area contributed by atoms with Crippen LogP contribution >= 0.6 is 0 Å². The molecule has 0 aromatic heterocycles. The minimum absolute atomic E-state index is 0.0550. The number of carbonyl (C=O) groups is 2. The molecule has 0 unspecified atom stereocenters. The number of nitrogens with zero attached hydrogens (tertiary/aromatic N) is 1. The lowest BCUT2D eigenvalue weighted by Crippen LogP contribution is -2.41. The van der Waals surface area contributed by atoms with Crippen LogP contribution in [0.5, 0.6) is 5.75 Å². The second-order valence-corrected chi connectivity index (χ2v) is 7.38. The van der Waals surface area contributed by atoms with Crippen molar-refractivity contribution in [2.45, 2.75) is 51.6 Å². The molecule has 0 atom stereocenters. The van der Waals surface area contributed by atoms with Crippen LogP contribution in [-0.4, -0.2) is 47.9 Å². The summed E-state index contributed by atoms with van der Waals surface area (Å²) in [6, 6.07) is 5.71. The lowest BCUT2D eigenvalue weighted by atomic mass is 9.88. The quantitative estimate of drug-likeness (QED) is 0.901. The van der Waals surface area contributed by atoms with Gasteiger partial charge < -0.3 is 19.5 Å². The van der Waals surface area contributed by atoms with E-state index >= 15 is 0 Å². The Labute approximate surface area is 148 Å². The zero-order valence-corrected chi connectivity index (χ0v) is 15.4. The molecule has 1 heterocycles. The van der Waals surface area contributed by atoms with E-state index in [0.29, 0.717) is 30.3 Å². The second kappa shape index (κ2) is 7.76. The van der Waals surface area contributed by atoms with Crippen LogP contribution in [0.15, 0.2) is 18.2 Å². The van der Waals surface area contributed by atoms with Gasteiger partial charge in [-0.15, -0.1) is 0 Å². The highest BCUT2D eigenvalue weighted by atomic mass is 16.6. The molecule has 1 aromatic rings. The van der Waals surface area contributed by atoms with Crippen LogP contribution in [0.2, 0.25) is 0 Å². The van der Waals surface area contributed by atoms with Crippen molar-refractivity contribution >= 4 is 12.1 Å². The molecule has 1 aliphatic heterocycles. The highest BCUT2D eigenvalue weighted by Crippen LogP contribution is 2.32. The Balaban J connectivity index is 2.00. The molecule has 1 aliphatic rings. The number of carboxylic acids is 1. The molecular weight excluding hydrogens is 322 g/mol. The van der Waals surface area contributed by atoms with Gasteiger partial charge in [-0.3, -0.25) is 4.79 Å². The van der Waals surface area contributed by atoms with Crippen molar-refractivity contribution in [3.63, 3.8) is 0 Å². The van der Waals surface area contributed by atoms with Gasteiger partial charge in [-0.05, 0) is 51.2 Å². The molecule has 1 saturated heterocycles. The lowest BCUT2D eigenvalue weighted by Gasteiger charge is -2.33. The number of likely N-dealkylation sites (tertiary alicyclic amines) is 1. The first kappa shape index (κ1) is 19.1. The Morgan fingerprint density at radius 2 is 1.88 bits per heavy atom. The molecule has 1 fully saturated rings. The monoisotopic (exact) mass is 349 g/mol. The molecular formula is C19H27NO5. The Bertz CT molecular complexity index is 627. The van der Waals surface area contributed by atoms with Crippen molar-refractivity contribution in [2.24, 2.45) is 0 Å². The third kappa shape index (κ3) is 5.37. The fourth-order valence-electron chi connectivity index (χ4n) is 3.05. The van der Waals surface area contributed by atoms with Crippen molar-refractivity contribution in [2.75, 3.05) is 20.2 Å². The van der Waals surface area contributed by atoms with E-state index < -0.39 is 11.6 Å². The standard InChI is InChI=1S/C19H27NO5/c1-19(2,3)25-18(23)20-9-7-13(8-10-20)14-5-6-15(12-17(21)22)16(11-14)24-4/h5-6,11,13H,7-10,12H2,1-4H3,(H,21,22). The second-order valence-electron chi connectivity index (χ2n) is 7.38. The highest BCUT2D eigenvalue weighted by molar-refractivity contribution is 5.71. The average molecular weight is 349 g/mol. The first-order valence-electron chi connectivity index (χ1n) is 8.56. The van der Waals surface area contributed by atoms with Gasteiger partial charge in [0.15, 0.2) is 0 Å². The van der Waals surface area contributed by atoms with Crippen LogP contribution in [0, 0.1) is 0 Å². The van der Waals surface area contributed by atoms with E-state index in [1.165, 1.54) is 0 Å². The number of piperidine rings is 1. The maximum Gasteiger partial charge on any atom is 0.410 e. The Kier molecular flexibility index (Phi) is 5.93. The molecule has 0 bridgehead atoms. The zero-order valence-electron chi connectivity index (χ0n) is 15.4. The molecule has 1 aromatic carbocycles.